The largest absolute Gasteiger partial charge is 0.481 e. The Balaban J connectivity index is 0.000000426. The van der Waals surface area contributed by atoms with Gasteiger partial charge >= 0.3 is 17.9 Å². The van der Waals surface area contributed by atoms with Crippen molar-refractivity contribution in [3.63, 3.8) is 0 Å². The normalized spacial score (nSPS) is 12.4. The summed E-state index contributed by atoms with van der Waals surface area (Å²) in [6.07, 6.45) is -2.71. The second kappa shape index (κ2) is 13.7. The molecule has 0 fully saturated rings. The fourth-order valence-corrected chi connectivity index (χ4v) is 5.08. The van der Waals surface area contributed by atoms with Gasteiger partial charge in [-0.2, -0.15) is 0 Å². The number of amides is 1. The molecule has 2 aromatic heterocycles. The van der Waals surface area contributed by atoms with Crippen molar-refractivity contribution in [2.45, 2.75) is 55.2 Å². The molecule has 0 aliphatic carbocycles. The molecule has 0 aliphatic rings. The van der Waals surface area contributed by atoms with Gasteiger partial charge in [0.2, 0.25) is 0 Å². The Morgan fingerprint density at radius 2 is 1.69 bits per heavy atom. The SMILES string of the molecule is CC(C)(C)NC[C@H](O)CSc1nc(-c2ccc(C(N)=O)s2)cs1.O=C(O)CC(O)(CC(=O)O)C(=O)O. The number of aliphatic hydroxyl groups is 2. The van der Waals surface area contributed by atoms with Gasteiger partial charge in [-0.15, -0.1) is 22.7 Å². The molecule has 2 heterocycles. The number of nitrogens with two attached hydrogens (primary N) is 1. The van der Waals surface area contributed by atoms with Crippen LogP contribution in [0.5, 0.6) is 0 Å². The number of carbonyl (C=O) groups is 4. The lowest BCUT2D eigenvalue weighted by Crippen LogP contribution is -2.42. The predicted molar refractivity (Wildman–Crippen MR) is 136 cm³/mol. The zero-order chi connectivity index (χ0) is 27.7. The topological polar surface area (TPSA) is 220 Å². The summed E-state index contributed by atoms with van der Waals surface area (Å²) in [6, 6.07) is 3.58. The second-order valence-corrected chi connectivity index (χ2v) is 11.8. The number of hydrogen-bond acceptors (Lipinski definition) is 11. The average molecular weight is 564 g/mol. The van der Waals surface area contributed by atoms with Crippen LogP contribution in [0, 0.1) is 0 Å². The van der Waals surface area contributed by atoms with Crippen LogP contribution in [0.15, 0.2) is 21.9 Å². The number of β-amino-alcohol motifs (C(OH)–C–C–N with tert-alkyl or cyclic N) is 1. The lowest BCUT2D eigenvalue weighted by atomic mass is 9.96. The molecule has 0 unspecified atom stereocenters. The van der Waals surface area contributed by atoms with Crippen LogP contribution in [0.1, 0.15) is 43.3 Å². The molecular formula is C21H29N3O9S3. The highest BCUT2D eigenvalue weighted by molar-refractivity contribution is 8.01. The van der Waals surface area contributed by atoms with E-state index in [1.54, 1.807) is 6.07 Å². The number of primary amides is 1. The predicted octanol–water partition coefficient (Wildman–Crippen LogP) is 1.56. The van der Waals surface area contributed by atoms with Crippen molar-refractivity contribution in [2.24, 2.45) is 5.73 Å². The molecule has 0 aliphatic heterocycles. The van der Waals surface area contributed by atoms with Crippen molar-refractivity contribution in [3.8, 4) is 10.6 Å². The monoisotopic (exact) mass is 563 g/mol. The first-order chi connectivity index (χ1) is 16.5. The van der Waals surface area contributed by atoms with Crippen molar-refractivity contribution in [1.82, 2.24) is 10.3 Å². The number of thiazole rings is 1. The Bertz CT molecular complexity index is 1050. The zero-order valence-electron chi connectivity index (χ0n) is 19.8. The van der Waals surface area contributed by atoms with Gasteiger partial charge in [0.25, 0.3) is 5.91 Å². The molecular weight excluding hydrogens is 534 g/mol. The van der Waals surface area contributed by atoms with Gasteiger partial charge in [0, 0.05) is 23.2 Å². The van der Waals surface area contributed by atoms with Crippen LogP contribution in [0.3, 0.4) is 0 Å². The van der Waals surface area contributed by atoms with E-state index in [1.807, 2.05) is 11.4 Å². The summed E-state index contributed by atoms with van der Waals surface area (Å²) in [6.45, 7) is 6.77. The molecule has 0 spiro atoms. The van der Waals surface area contributed by atoms with Gasteiger partial charge in [0.05, 0.1) is 34.4 Å². The average Bonchev–Trinajstić information content (AvgIpc) is 3.39. The Hall–Kier alpha value is -2.56. The Morgan fingerprint density at radius 1 is 1.11 bits per heavy atom. The molecule has 15 heteroatoms. The molecule has 1 amide bonds. The molecule has 0 radical (unpaired) electrons. The third-order valence-electron chi connectivity index (χ3n) is 4.14. The number of aliphatic hydroxyl groups excluding tert-OH is 1. The second-order valence-electron chi connectivity index (χ2n) is 8.60. The molecule has 8 N–H and O–H groups in total. The van der Waals surface area contributed by atoms with Gasteiger partial charge < -0.3 is 36.6 Å². The number of nitrogens with zero attached hydrogens (tertiary/aromatic N) is 1. The van der Waals surface area contributed by atoms with Crippen LogP contribution in [0.4, 0.5) is 0 Å². The fraction of sp³-hybridized carbons (Fsp3) is 0.476. The Labute approximate surface area is 219 Å². The van der Waals surface area contributed by atoms with E-state index in [2.05, 4.69) is 31.1 Å². The summed E-state index contributed by atoms with van der Waals surface area (Å²) >= 11 is 4.42. The number of nitrogens with one attached hydrogen (secondary N) is 1. The Morgan fingerprint density at radius 3 is 2.14 bits per heavy atom. The molecule has 0 saturated carbocycles. The molecule has 2 aromatic rings. The molecule has 1 atom stereocenters. The fourth-order valence-electron chi connectivity index (χ4n) is 2.41. The first-order valence-electron chi connectivity index (χ1n) is 10.3. The summed E-state index contributed by atoms with van der Waals surface area (Å²) < 4.78 is 0.906. The van der Waals surface area contributed by atoms with E-state index in [0.717, 1.165) is 14.9 Å². The summed E-state index contributed by atoms with van der Waals surface area (Å²) in [5.41, 5.74) is 3.37. The number of carbonyl (C=O) groups excluding carboxylic acids is 1. The summed E-state index contributed by atoms with van der Waals surface area (Å²) in [7, 11) is 0. The van der Waals surface area contributed by atoms with E-state index >= 15 is 0 Å². The highest BCUT2D eigenvalue weighted by Crippen LogP contribution is 2.32. The van der Waals surface area contributed by atoms with E-state index < -0.39 is 48.4 Å². The van der Waals surface area contributed by atoms with Gasteiger partial charge in [-0.25, -0.2) is 9.78 Å². The molecule has 0 aromatic carbocycles. The molecule has 200 valence electrons. The zero-order valence-corrected chi connectivity index (χ0v) is 22.2. The number of thiophene rings is 1. The van der Waals surface area contributed by atoms with Crippen LogP contribution in [-0.2, 0) is 14.4 Å². The first-order valence-corrected chi connectivity index (χ1v) is 13.0. The van der Waals surface area contributed by atoms with Crippen molar-refractivity contribution in [1.29, 1.82) is 0 Å². The van der Waals surface area contributed by atoms with Crippen LogP contribution in [0.25, 0.3) is 10.6 Å². The van der Waals surface area contributed by atoms with Crippen LogP contribution < -0.4 is 11.1 Å². The lowest BCUT2D eigenvalue weighted by Gasteiger charge is -2.22. The minimum Gasteiger partial charge on any atom is -0.481 e. The summed E-state index contributed by atoms with van der Waals surface area (Å²) in [4.78, 5) is 47.6. The van der Waals surface area contributed by atoms with Crippen molar-refractivity contribution >= 4 is 58.3 Å². The van der Waals surface area contributed by atoms with Crippen LogP contribution in [-0.4, -0.2) is 83.9 Å². The van der Waals surface area contributed by atoms with E-state index in [-0.39, 0.29) is 5.54 Å². The molecule has 2 rings (SSSR count). The van der Waals surface area contributed by atoms with E-state index in [4.69, 9.17) is 26.2 Å². The maximum atomic E-state index is 11.1. The number of aliphatic carboxylic acids is 3. The summed E-state index contributed by atoms with van der Waals surface area (Å²) in [5, 5.41) is 49.1. The molecule has 0 bridgehead atoms. The number of carboxylic acids is 3. The van der Waals surface area contributed by atoms with Crippen LogP contribution in [0.2, 0.25) is 0 Å². The summed E-state index contributed by atoms with van der Waals surface area (Å²) in [5.74, 6) is -4.84. The van der Waals surface area contributed by atoms with Crippen molar-refractivity contribution < 1.29 is 44.7 Å². The van der Waals surface area contributed by atoms with Gasteiger partial charge in [0.1, 0.15) is 0 Å². The number of rotatable bonds is 12. The maximum Gasteiger partial charge on any atom is 0.336 e. The highest BCUT2D eigenvalue weighted by atomic mass is 32.2. The highest BCUT2D eigenvalue weighted by Gasteiger charge is 2.40. The minimum atomic E-state index is -2.74. The molecule has 12 nitrogen and oxygen atoms in total. The van der Waals surface area contributed by atoms with Crippen LogP contribution >= 0.6 is 34.4 Å². The standard InChI is InChI=1S/C15H21N3O2S3.C6H8O7/c1-15(2,3)17-6-9(19)7-21-14-18-10(8-22-14)11-4-5-12(23-11)13(16)20;7-3(8)1-6(13,5(11)12)2-4(9)10/h4-5,8-9,17,19H,6-7H2,1-3H3,(H2,16,20);13H,1-2H2,(H,7,8)(H,9,10)(H,11,12)/t9-;/m0./s1. The number of carboxylic acid groups (broad SMARTS) is 3. The lowest BCUT2D eigenvalue weighted by molar-refractivity contribution is -0.170. The van der Waals surface area contributed by atoms with Gasteiger partial charge in [0.15, 0.2) is 9.94 Å². The first kappa shape index (κ1) is 31.5. The van der Waals surface area contributed by atoms with Crippen molar-refractivity contribution in [2.75, 3.05) is 12.3 Å². The van der Waals surface area contributed by atoms with Gasteiger partial charge in [-0.1, -0.05) is 11.8 Å². The number of aromatic nitrogens is 1. The number of thioether (sulfide) groups is 1. The van der Waals surface area contributed by atoms with E-state index in [1.165, 1.54) is 34.4 Å². The smallest absolute Gasteiger partial charge is 0.336 e. The third kappa shape index (κ3) is 11.5. The van der Waals surface area contributed by atoms with Gasteiger partial charge in [-0.3, -0.25) is 14.4 Å². The molecule has 0 saturated heterocycles. The Kier molecular flexibility index (Phi) is 11.9. The quantitative estimate of drug-likeness (QED) is 0.183. The van der Waals surface area contributed by atoms with Gasteiger partial charge in [-0.05, 0) is 32.9 Å². The molecule has 36 heavy (non-hydrogen) atoms. The van der Waals surface area contributed by atoms with E-state index in [0.29, 0.717) is 17.2 Å². The minimum absolute atomic E-state index is 0.00268. The third-order valence-corrected chi connectivity index (χ3v) is 7.43. The maximum absolute atomic E-state index is 11.1. The van der Waals surface area contributed by atoms with E-state index in [9.17, 15) is 24.3 Å². The number of hydrogen-bond donors (Lipinski definition) is 7. The van der Waals surface area contributed by atoms with Crippen molar-refractivity contribution in [3.05, 3.63) is 22.4 Å².